The molecule has 0 unspecified atom stereocenters. The fourth-order valence-corrected chi connectivity index (χ4v) is 5.29. The molecule has 334 valence electrons. The summed E-state index contributed by atoms with van der Waals surface area (Å²) in [6.07, 6.45) is 3.49. The molecule has 0 saturated heterocycles. The lowest BCUT2D eigenvalue weighted by molar-refractivity contribution is -0.132. The van der Waals surface area contributed by atoms with Crippen LogP contribution in [0.2, 0.25) is 0 Å². The van der Waals surface area contributed by atoms with E-state index in [4.69, 9.17) is 17.2 Å². The van der Waals surface area contributed by atoms with E-state index in [1.807, 2.05) is 13.8 Å². The predicted molar refractivity (Wildman–Crippen MR) is 216 cm³/mol. The van der Waals surface area contributed by atoms with Crippen molar-refractivity contribution >= 4 is 65.4 Å². The Labute approximate surface area is 344 Å². The zero-order valence-electron chi connectivity index (χ0n) is 34.5. The van der Waals surface area contributed by atoms with Crippen LogP contribution in [-0.4, -0.2) is 135 Å². The summed E-state index contributed by atoms with van der Waals surface area (Å²) in [7, 11) is 0. The molecule has 4 atom stereocenters. The zero-order chi connectivity index (χ0) is 44.8. The van der Waals surface area contributed by atoms with Crippen LogP contribution in [0.4, 0.5) is 0 Å². The van der Waals surface area contributed by atoms with Crippen LogP contribution in [-0.2, 0) is 47.9 Å². The van der Waals surface area contributed by atoms with E-state index in [2.05, 4.69) is 52.8 Å². The number of hydrogen-bond donors (Lipinski definition) is 12. The first-order valence-electron chi connectivity index (χ1n) is 19.6. The molecule has 0 fully saturated rings. The normalized spacial score (nSPS) is 12.6. The van der Waals surface area contributed by atoms with Gasteiger partial charge < -0.3 is 69.8 Å². The van der Waals surface area contributed by atoms with Crippen molar-refractivity contribution in [2.24, 2.45) is 28.1 Å². The third-order valence-corrected chi connectivity index (χ3v) is 8.18. The molecule has 0 aliphatic carbocycles. The van der Waals surface area contributed by atoms with Crippen molar-refractivity contribution < 1.29 is 47.9 Å². The molecular weight excluding hydrogens is 774 g/mol. The maximum absolute atomic E-state index is 13.2. The molecule has 9 amide bonds. The second-order valence-electron chi connectivity index (χ2n) is 14.1. The second kappa shape index (κ2) is 31.2. The van der Waals surface area contributed by atoms with Crippen molar-refractivity contribution in [1.82, 2.24) is 47.9 Å². The summed E-state index contributed by atoms with van der Waals surface area (Å²) in [4.78, 5) is 127. The minimum absolute atomic E-state index is 0.0888. The Morgan fingerprint density at radius 1 is 0.559 bits per heavy atom. The van der Waals surface area contributed by atoms with E-state index in [0.717, 1.165) is 0 Å². The molecule has 15 N–H and O–H groups in total. The third-order valence-electron chi connectivity index (χ3n) is 8.18. The monoisotopic (exact) mass is 839 g/mol. The molecule has 0 spiro atoms. The van der Waals surface area contributed by atoms with Gasteiger partial charge in [-0.25, -0.2) is 0 Å². The van der Waals surface area contributed by atoms with E-state index in [0.29, 0.717) is 57.9 Å². The topological polar surface area (TPSA) is 369 Å². The smallest absolute Gasteiger partial charge is 0.243 e. The van der Waals surface area contributed by atoms with Crippen molar-refractivity contribution in [3.05, 3.63) is 0 Å². The lowest BCUT2D eigenvalue weighted by atomic mass is 10.0. The highest BCUT2D eigenvalue weighted by molar-refractivity contribution is 5.94. The van der Waals surface area contributed by atoms with Crippen LogP contribution in [0.5, 0.6) is 0 Å². The zero-order valence-corrected chi connectivity index (χ0v) is 34.5. The fraction of sp³-hybridized carbons (Fsp3) is 0.694. The number of hydrogen-bond acceptors (Lipinski definition) is 12. The summed E-state index contributed by atoms with van der Waals surface area (Å²) < 4.78 is 0. The highest BCUT2D eigenvalue weighted by atomic mass is 16.2. The van der Waals surface area contributed by atoms with E-state index in [9.17, 15) is 47.9 Å². The van der Waals surface area contributed by atoms with Crippen molar-refractivity contribution in [3.8, 4) is 0 Å². The van der Waals surface area contributed by atoms with Crippen LogP contribution in [0.1, 0.15) is 85.5 Å². The number of rotatable bonds is 31. The molecule has 0 aromatic rings. The minimum atomic E-state index is -1.17. The Kier molecular flexibility index (Phi) is 28.1. The molecule has 23 heteroatoms. The Morgan fingerprint density at radius 3 is 1.44 bits per heavy atom. The van der Waals surface area contributed by atoms with Crippen LogP contribution in [0.25, 0.3) is 0 Å². The van der Waals surface area contributed by atoms with Gasteiger partial charge >= 0.3 is 0 Å². The summed E-state index contributed by atoms with van der Waals surface area (Å²) in [6.45, 7) is 5.24. The summed E-state index contributed by atoms with van der Waals surface area (Å²) in [6, 6.07) is -4.04. The summed E-state index contributed by atoms with van der Waals surface area (Å²) in [5.41, 5.74) is 16.0. The number of amides is 9. The first kappa shape index (κ1) is 53.1. The van der Waals surface area contributed by atoms with E-state index in [-0.39, 0.29) is 56.0 Å². The van der Waals surface area contributed by atoms with Gasteiger partial charge in [-0.15, -0.1) is 0 Å². The Balaban J connectivity index is 5.42. The molecule has 0 heterocycles. The number of aldehydes is 1. The van der Waals surface area contributed by atoms with Gasteiger partial charge in [-0.3, -0.25) is 48.1 Å². The molecule has 0 aliphatic heterocycles. The number of nitrogens with one attached hydrogen (secondary N) is 9. The lowest BCUT2D eigenvalue weighted by Gasteiger charge is -2.22. The fourth-order valence-electron chi connectivity index (χ4n) is 5.29. The van der Waals surface area contributed by atoms with Gasteiger partial charge in [-0.2, -0.15) is 0 Å². The molecule has 0 aromatic carbocycles. The van der Waals surface area contributed by atoms with Crippen molar-refractivity contribution in [2.75, 3.05) is 45.8 Å². The van der Waals surface area contributed by atoms with Gasteiger partial charge in [0.2, 0.25) is 53.2 Å². The van der Waals surface area contributed by atoms with Gasteiger partial charge in [-0.05, 0) is 63.7 Å². The Morgan fingerprint density at radius 2 is 1.00 bits per heavy atom. The maximum Gasteiger partial charge on any atom is 0.243 e. The van der Waals surface area contributed by atoms with Crippen LogP contribution >= 0.6 is 0 Å². The van der Waals surface area contributed by atoms with Crippen molar-refractivity contribution in [3.63, 3.8) is 0 Å². The van der Waals surface area contributed by atoms with Gasteiger partial charge in [0.05, 0.1) is 32.2 Å². The number of carbonyl (C=O) groups excluding carboxylic acids is 10. The van der Waals surface area contributed by atoms with Gasteiger partial charge in [0.15, 0.2) is 5.96 Å². The van der Waals surface area contributed by atoms with Gasteiger partial charge in [0.1, 0.15) is 24.4 Å². The van der Waals surface area contributed by atoms with Gasteiger partial charge in [0.25, 0.3) is 0 Å². The molecule has 0 bridgehead atoms. The highest BCUT2D eigenvalue weighted by Crippen LogP contribution is 2.06. The molecule has 59 heavy (non-hydrogen) atoms. The Bertz CT molecular complexity index is 1440. The SMILES string of the molecule is CC(=O)NCCCC[C@H](NC(=O)CNC(=O)[C@H](CCCN=C(N)N)NC(=O)CN)C(=O)NCC(=O)NCC(=O)N[C@@H](CCCCNC(C)=O)C(=O)N[C@H](C=O)CC(C)C. The van der Waals surface area contributed by atoms with Crippen LogP contribution < -0.4 is 65.1 Å². The van der Waals surface area contributed by atoms with Crippen LogP contribution in [0.15, 0.2) is 4.99 Å². The molecule has 23 nitrogen and oxygen atoms in total. The number of carbonyl (C=O) groups is 10. The average Bonchev–Trinajstić information content (AvgIpc) is 3.17. The minimum Gasteiger partial charge on any atom is -0.370 e. The van der Waals surface area contributed by atoms with Gasteiger partial charge in [-0.1, -0.05) is 13.8 Å². The van der Waals surface area contributed by atoms with E-state index >= 15 is 0 Å². The number of guanidine groups is 1. The standard InChI is InChI=1S/C36H65N13O10/c1-22(2)16-25(21-50)46-35(59)28(11-6-8-14-41-24(4)52)49-31(55)19-43-30(54)18-44-33(57)26(10-5-7-13-40-23(3)51)48-32(56)20-45-34(58)27(47-29(53)17-37)12-9-15-42-36(38)39/h21-22,25-28H,5-20,37H2,1-4H3,(H,40,51)(H,41,52)(H,43,54)(H,44,57)(H,45,58)(H,46,59)(H,47,53)(H,48,56)(H,49,55)(H4,38,39,42)/t25-,26-,27-,28-/m0/s1. The number of nitrogens with two attached hydrogens (primary N) is 3. The van der Waals surface area contributed by atoms with Crippen molar-refractivity contribution in [1.29, 1.82) is 0 Å². The summed E-state index contributed by atoms with van der Waals surface area (Å²) >= 11 is 0. The highest BCUT2D eigenvalue weighted by Gasteiger charge is 2.26. The number of aliphatic imine (C=N–C) groups is 1. The lowest BCUT2D eigenvalue weighted by Crippen LogP contribution is -2.54. The molecule has 0 radical (unpaired) electrons. The average molecular weight is 840 g/mol. The predicted octanol–water partition coefficient (Wildman–Crippen LogP) is -4.86. The molecule has 0 rings (SSSR count). The number of unbranched alkanes of at least 4 members (excludes halogenated alkanes) is 2. The molecule has 0 saturated carbocycles. The maximum atomic E-state index is 13.2. The molecular formula is C36H65N13O10. The van der Waals surface area contributed by atoms with Gasteiger partial charge in [0, 0.05) is 33.5 Å². The third kappa shape index (κ3) is 28.2. The van der Waals surface area contributed by atoms with Crippen molar-refractivity contribution in [2.45, 2.75) is 110 Å². The largest absolute Gasteiger partial charge is 0.370 e. The molecule has 0 aromatic heterocycles. The van der Waals surface area contributed by atoms with Crippen LogP contribution in [0, 0.1) is 5.92 Å². The second-order valence-corrected chi connectivity index (χ2v) is 14.1. The molecule has 0 aliphatic rings. The summed E-state index contributed by atoms with van der Waals surface area (Å²) in [5, 5.41) is 22.6. The summed E-state index contributed by atoms with van der Waals surface area (Å²) in [5.74, 6) is -5.39. The van der Waals surface area contributed by atoms with E-state index < -0.39 is 85.2 Å². The van der Waals surface area contributed by atoms with E-state index in [1.54, 1.807) is 0 Å². The quantitative estimate of drug-likeness (QED) is 0.0135. The van der Waals surface area contributed by atoms with Crippen LogP contribution in [0.3, 0.4) is 0 Å². The first-order chi connectivity index (χ1) is 27.9. The first-order valence-corrected chi connectivity index (χ1v) is 19.6. The van der Waals surface area contributed by atoms with E-state index in [1.165, 1.54) is 13.8 Å². The number of nitrogens with zero attached hydrogens (tertiary/aromatic N) is 1. The Hall–Kier alpha value is -5.87.